The van der Waals surface area contributed by atoms with E-state index in [1.54, 1.807) is 27.9 Å². The van der Waals surface area contributed by atoms with Gasteiger partial charge in [0.2, 0.25) is 0 Å². The lowest BCUT2D eigenvalue weighted by molar-refractivity contribution is -0.123. The number of rotatable bonds is 5. The van der Waals surface area contributed by atoms with E-state index in [1.165, 1.54) is 0 Å². The summed E-state index contributed by atoms with van der Waals surface area (Å²) >= 11 is 0. The number of hydrogen-bond acceptors (Lipinski definition) is 6. The fourth-order valence-electron chi connectivity index (χ4n) is 5.01. The van der Waals surface area contributed by atoms with Gasteiger partial charge < -0.3 is 14.8 Å². The van der Waals surface area contributed by atoms with Crippen LogP contribution in [-0.2, 0) is 16.0 Å². The number of aromatic nitrogens is 1. The molecule has 4 rings (SSSR count). The molecule has 8 heteroatoms. The van der Waals surface area contributed by atoms with Crippen LogP contribution >= 0.6 is 0 Å². The second-order valence-corrected chi connectivity index (χ2v) is 12.6. The number of fused-ring (bicyclic) bond motifs is 2. The first kappa shape index (κ1) is 29.8. The summed E-state index contributed by atoms with van der Waals surface area (Å²) in [7, 11) is 1.64. The summed E-state index contributed by atoms with van der Waals surface area (Å²) in [5.74, 6) is -0.319. The van der Waals surface area contributed by atoms with E-state index in [4.69, 9.17) is 14.5 Å². The first-order valence-corrected chi connectivity index (χ1v) is 13.8. The third kappa shape index (κ3) is 7.31. The van der Waals surface area contributed by atoms with Crippen molar-refractivity contribution >= 4 is 40.5 Å². The third-order valence-electron chi connectivity index (χ3n) is 7.18. The number of para-hydroxylation sites is 1. The molecule has 41 heavy (non-hydrogen) atoms. The molecule has 2 aromatic carbocycles. The van der Waals surface area contributed by atoms with Gasteiger partial charge in [-0.15, -0.1) is 0 Å². The van der Waals surface area contributed by atoms with Crippen LogP contribution in [0, 0.1) is 11.3 Å². The second kappa shape index (κ2) is 11.7. The number of carbonyl (C=O) groups excluding carboxylic acids is 3. The average Bonchev–Trinajstić information content (AvgIpc) is 2.89. The Balaban J connectivity index is 1.73. The topological polar surface area (TPSA) is 107 Å². The number of amides is 3. The van der Waals surface area contributed by atoms with Crippen LogP contribution in [-0.4, -0.2) is 42.1 Å². The lowest BCUT2D eigenvalue weighted by Gasteiger charge is -2.36. The summed E-state index contributed by atoms with van der Waals surface area (Å²) in [6.07, 6.45) is 3.56. The lowest BCUT2D eigenvalue weighted by atomic mass is 9.69. The van der Waals surface area contributed by atoms with Gasteiger partial charge in [-0.2, -0.15) is 0 Å². The molecule has 0 fully saturated rings. The molecule has 3 aromatic rings. The fourth-order valence-corrected chi connectivity index (χ4v) is 5.01. The molecular formula is C33H39N3O5. The highest BCUT2D eigenvalue weighted by Gasteiger charge is 2.35. The number of nitrogens with zero attached hydrogens (tertiary/aromatic N) is 1. The fraction of sp³-hybridized carbons (Fsp3) is 0.394. The van der Waals surface area contributed by atoms with Gasteiger partial charge in [-0.05, 0) is 85.9 Å². The minimum Gasteiger partial charge on any atom is -0.497 e. The maximum absolute atomic E-state index is 13.7. The average molecular weight is 558 g/mol. The van der Waals surface area contributed by atoms with Crippen LogP contribution in [0.15, 0.2) is 48.5 Å². The number of esters is 1. The number of ether oxygens (including phenoxy) is 2. The van der Waals surface area contributed by atoms with Crippen LogP contribution in [0.25, 0.3) is 22.6 Å². The van der Waals surface area contributed by atoms with Gasteiger partial charge in [0.05, 0.1) is 23.9 Å². The Morgan fingerprint density at radius 2 is 1.66 bits per heavy atom. The monoisotopic (exact) mass is 557 g/mol. The summed E-state index contributed by atoms with van der Waals surface area (Å²) in [6, 6.07) is 14.6. The van der Waals surface area contributed by atoms with Crippen molar-refractivity contribution in [2.75, 3.05) is 13.7 Å². The number of carbonyl (C=O) groups is 3. The molecule has 0 radical (unpaired) electrons. The molecule has 1 unspecified atom stereocenters. The zero-order chi connectivity index (χ0) is 29.9. The van der Waals surface area contributed by atoms with Crippen LogP contribution in [0.2, 0.25) is 0 Å². The molecule has 3 amide bonds. The molecule has 1 atom stereocenters. The van der Waals surface area contributed by atoms with Gasteiger partial charge in [-0.3, -0.25) is 10.1 Å². The first-order valence-electron chi connectivity index (χ1n) is 13.8. The zero-order valence-electron chi connectivity index (χ0n) is 24.9. The lowest BCUT2D eigenvalue weighted by Crippen LogP contribution is -2.49. The van der Waals surface area contributed by atoms with Crippen LogP contribution in [0.4, 0.5) is 4.79 Å². The molecule has 0 spiro atoms. The molecule has 1 aromatic heterocycles. The minimum absolute atomic E-state index is 0.0379. The molecule has 1 aliphatic carbocycles. The van der Waals surface area contributed by atoms with E-state index in [0.29, 0.717) is 22.9 Å². The van der Waals surface area contributed by atoms with E-state index in [0.717, 1.165) is 34.6 Å². The highest BCUT2D eigenvalue weighted by Crippen LogP contribution is 2.45. The second-order valence-electron chi connectivity index (χ2n) is 12.6. The number of imide groups is 1. The summed E-state index contributed by atoms with van der Waals surface area (Å²) in [6.45, 7) is 11.4. The van der Waals surface area contributed by atoms with E-state index in [2.05, 4.69) is 37.5 Å². The van der Waals surface area contributed by atoms with Crippen molar-refractivity contribution in [3.8, 4) is 5.75 Å². The van der Waals surface area contributed by atoms with Gasteiger partial charge in [-0.1, -0.05) is 51.1 Å². The Labute approximate surface area is 241 Å². The Morgan fingerprint density at radius 3 is 2.29 bits per heavy atom. The van der Waals surface area contributed by atoms with Gasteiger partial charge >= 0.3 is 12.0 Å². The standard InChI is InChI=1S/C33H39N3O5/c1-32(2,3)22-17-21(16-20-12-14-23(40-7)15-13-20)29-25(18-22)28(24-10-8-9-11-26(24)34-29)30(38)41-19-27(37)35-31(39)36-33(4,5)6/h8-16,22H,17-19H2,1-7H3,(H2,35,36,37,39). The first-order chi connectivity index (χ1) is 19.2. The van der Waals surface area contributed by atoms with Crippen molar-refractivity contribution < 1.29 is 23.9 Å². The zero-order valence-corrected chi connectivity index (χ0v) is 24.9. The van der Waals surface area contributed by atoms with E-state index < -0.39 is 30.1 Å². The Morgan fingerprint density at radius 1 is 0.976 bits per heavy atom. The molecule has 0 bridgehead atoms. The van der Waals surface area contributed by atoms with Crippen LogP contribution < -0.4 is 15.4 Å². The Bertz CT molecular complexity index is 1490. The Hall–Kier alpha value is -4.20. The highest BCUT2D eigenvalue weighted by molar-refractivity contribution is 6.07. The quantitative estimate of drug-likeness (QED) is 0.363. The van der Waals surface area contributed by atoms with Crippen LogP contribution in [0.3, 0.4) is 0 Å². The normalized spacial score (nSPS) is 16.2. The minimum atomic E-state index is -0.708. The number of allylic oxidation sites excluding steroid dienone is 1. The highest BCUT2D eigenvalue weighted by atomic mass is 16.5. The number of hydrogen-bond donors (Lipinski definition) is 2. The van der Waals surface area contributed by atoms with E-state index in [9.17, 15) is 14.4 Å². The smallest absolute Gasteiger partial charge is 0.339 e. The summed E-state index contributed by atoms with van der Waals surface area (Å²) in [5, 5.41) is 5.53. The summed E-state index contributed by atoms with van der Waals surface area (Å²) < 4.78 is 10.8. The molecule has 8 nitrogen and oxygen atoms in total. The molecule has 0 saturated heterocycles. The predicted molar refractivity (Wildman–Crippen MR) is 161 cm³/mol. The van der Waals surface area contributed by atoms with Crippen molar-refractivity contribution in [1.82, 2.24) is 15.6 Å². The van der Waals surface area contributed by atoms with Crippen molar-refractivity contribution in [2.24, 2.45) is 11.3 Å². The van der Waals surface area contributed by atoms with Crippen molar-refractivity contribution in [3.05, 3.63) is 70.9 Å². The van der Waals surface area contributed by atoms with Crippen molar-refractivity contribution in [2.45, 2.75) is 59.9 Å². The maximum atomic E-state index is 13.7. The van der Waals surface area contributed by atoms with Gasteiger partial charge in [-0.25, -0.2) is 14.6 Å². The Kier molecular flexibility index (Phi) is 8.52. The number of methoxy groups -OCH3 is 1. The number of benzene rings is 2. The summed E-state index contributed by atoms with van der Waals surface area (Å²) in [5.41, 5.74) is 4.14. The molecule has 1 heterocycles. The van der Waals surface area contributed by atoms with Crippen molar-refractivity contribution in [3.63, 3.8) is 0 Å². The molecular weight excluding hydrogens is 518 g/mol. The van der Waals surface area contributed by atoms with E-state index >= 15 is 0 Å². The molecule has 0 aliphatic heterocycles. The number of pyridine rings is 1. The third-order valence-corrected chi connectivity index (χ3v) is 7.18. The van der Waals surface area contributed by atoms with Gasteiger partial charge in [0, 0.05) is 10.9 Å². The van der Waals surface area contributed by atoms with Gasteiger partial charge in [0.15, 0.2) is 6.61 Å². The molecule has 1 aliphatic rings. The molecule has 2 N–H and O–H groups in total. The van der Waals surface area contributed by atoms with Gasteiger partial charge in [0.25, 0.3) is 5.91 Å². The maximum Gasteiger partial charge on any atom is 0.339 e. The number of urea groups is 1. The summed E-state index contributed by atoms with van der Waals surface area (Å²) in [4.78, 5) is 43.2. The van der Waals surface area contributed by atoms with Crippen molar-refractivity contribution in [1.29, 1.82) is 0 Å². The number of nitrogens with one attached hydrogen (secondary N) is 2. The van der Waals surface area contributed by atoms with E-state index in [-0.39, 0.29) is 11.3 Å². The van der Waals surface area contributed by atoms with Gasteiger partial charge in [0.1, 0.15) is 5.75 Å². The SMILES string of the molecule is COc1ccc(C=C2CC(C(C)(C)C)Cc3c2nc2ccccc2c3C(=O)OCC(=O)NC(=O)NC(C)(C)C)cc1. The van der Waals surface area contributed by atoms with Crippen LogP contribution in [0.1, 0.15) is 75.1 Å². The predicted octanol–water partition coefficient (Wildman–Crippen LogP) is 6.17. The largest absolute Gasteiger partial charge is 0.497 e. The van der Waals surface area contributed by atoms with E-state index in [1.807, 2.05) is 48.5 Å². The van der Waals surface area contributed by atoms with Crippen LogP contribution in [0.5, 0.6) is 5.75 Å². The molecule has 0 saturated carbocycles. The molecule has 216 valence electrons.